The van der Waals surface area contributed by atoms with Gasteiger partial charge in [0.05, 0.1) is 5.56 Å². The van der Waals surface area contributed by atoms with Crippen molar-refractivity contribution in [1.29, 1.82) is 0 Å². The van der Waals surface area contributed by atoms with E-state index in [9.17, 15) is 24.9 Å². The topological polar surface area (TPSA) is 97.7 Å². The van der Waals surface area contributed by atoms with E-state index in [1.165, 1.54) is 12.1 Å². The molecule has 100 valence electrons. The third-order valence-corrected chi connectivity index (χ3v) is 3.29. The Morgan fingerprint density at radius 1 is 0.900 bits per heavy atom. The summed E-state index contributed by atoms with van der Waals surface area (Å²) in [7, 11) is 0. The number of phenolic OH excluding ortho intramolecular Hbond substituents is 2. The molecule has 3 rings (SSSR count). The number of hydrogen-bond donors (Lipinski definition) is 2. The zero-order chi connectivity index (χ0) is 14.6. The third-order valence-electron chi connectivity index (χ3n) is 3.29. The molecule has 2 aromatic rings. The highest BCUT2D eigenvalue weighted by molar-refractivity contribution is 6.30. The van der Waals surface area contributed by atoms with Gasteiger partial charge in [-0.1, -0.05) is 5.75 Å². The first kappa shape index (κ1) is 12.2. The van der Waals surface area contributed by atoms with Gasteiger partial charge >= 0.3 is 0 Å². The summed E-state index contributed by atoms with van der Waals surface area (Å²) in [5.74, 6) is -2.67. The maximum atomic E-state index is 12.3. The standard InChI is InChI=1S/C15H10O5/c1-6-2-8-12(10(17)3-6)15(20)13-9(14(8)19)4-7(16)5-11(13)18/h2-5,16-18H,1H3/p-1. The molecule has 0 unspecified atom stereocenters. The van der Waals surface area contributed by atoms with Crippen LogP contribution in [0.15, 0.2) is 24.3 Å². The largest absolute Gasteiger partial charge is 0.872 e. The van der Waals surface area contributed by atoms with Gasteiger partial charge in [0, 0.05) is 16.7 Å². The van der Waals surface area contributed by atoms with Gasteiger partial charge in [0.25, 0.3) is 0 Å². The molecule has 0 amide bonds. The highest BCUT2D eigenvalue weighted by Gasteiger charge is 2.32. The van der Waals surface area contributed by atoms with Gasteiger partial charge < -0.3 is 15.3 Å². The SMILES string of the molecule is Cc1cc(O)c2c(c1)C(=O)c1cc(O)cc([O-])c1C2=O. The highest BCUT2D eigenvalue weighted by atomic mass is 16.3. The molecular formula is C15H9O5-. The Kier molecular flexibility index (Phi) is 2.34. The minimum absolute atomic E-state index is 0.0463. The second-order valence-electron chi connectivity index (χ2n) is 4.73. The average Bonchev–Trinajstić information content (AvgIpc) is 2.34. The van der Waals surface area contributed by atoms with E-state index in [-0.39, 0.29) is 33.8 Å². The summed E-state index contributed by atoms with van der Waals surface area (Å²) < 4.78 is 0. The minimum Gasteiger partial charge on any atom is -0.872 e. The lowest BCUT2D eigenvalue weighted by atomic mass is 9.82. The van der Waals surface area contributed by atoms with Gasteiger partial charge in [-0.3, -0.25) is 9.59 Å². The Morgan fingerprint density at radius 3 is 2.25 bits per heavy atom. The van der Waals surface area contributed by atoms with Crippen molar-refractivity contribution in [1.82, 2.24) is 0 Å². The summed E-state index contributed by atoms with van der Waals surface area (Å²) in [4.78, 5) is 24.7. The fourth-order valence-corrected chi connectivity index (χ4v) is 2.47. The Hall–Kier alpha value is -2.82. The van der Waals surface area contributed by atoms with Crippen LogP contribution in [0, 0.1) is 6.92 Å². The number of hydrogen-bond acceptors (Lipinski definition) is 5. The third kappa shape index (κ3) is 1.50. The summed E-state index contributed by atoms with van der Waals surface area (Å²) in [6.07, 6.45) is 0. The average molecular weight is 269 g/mol. The van der Waals surface area contributed by atoms with E-state index in [2.05, 4.69) is 0 Å². The van der Waals surface area contributed by atoms with Gasteiger partial charge in [-0.25, -0.2) is 0 Å². The lowest BCUT2D eigenvalue weighted by Gasteiger charge is -2.23. The van der Waals surface area contributed by atoms with E-state index < -0.39 is 17.3 Å². The molecule has 2 aromatic carbocycles. The summed E-state index contributed by atoms with van der Waals surface area (Å²) in [6, 6.07) is 4.81. The molecule has 1 aliphatic rings. The van der Waals surface area contributed by atoms with Gasteiger partial charge in [-0.05, 0) is 36.8 Å². The van der Waals surface area contributed by atoms with Gasteiger partial charge in [0.1, 0.15) is 11.5 Å². The van der Waals surface area contributed by atoms with E-state index in [0.29, 0.717) is 5.56 Å². The second-order valence-corrected chi connectivity index (χ2v) is 4.73. The Labute approximate surface area is 113 Å². The van der Waals surface area contributed by atoms with Crippen LogP contribution in [0.2, 0.25) is 0 Å². The summed E-state index contributed by atoms with van der Waals surface area (Å²) >= 11 is 0. The first-order chi connectivity index (χ1) is 9.40. The maximum absolute atomic E-state index is 12.3. The van der Waals surface area contributed by atoms with Crippen molar-refractivity contribution in [2.45, 2.75) is 6.92 Å². The number of fused-ring (bicyclic) bond motifs is 2. The van der Waals surface area contributed by atoms with Crippen molar-refractivity contribution >= 4 is 11.6 Å². The molecule has 0 fully saturated rings. The molecule has 5 heteroatoms. The smallest absolute Gasteiger partial charge is 0.197 e. The van der Waals surface area contributed by atoms with Gasteiger partial charge in [0.15, 0.2) is 11.6 Å². The van der Waals surface area contributed by atoms with Crippen LogP contribution < -0.4 is 5.11 Å². The van der Waals surface area contributed by atoms with E-state index in [4.69, 9.17) is 0 Å². The van der Waals surface area contributed by atoms with Crippen molar-refractivity contribution in [3.63, 3.8) is 0 Å². The van der Waals surface area contributed by atoms with Crippen LogP contribution in [0.3, 0.4) is 0 Å². The van der Waals surface area contributed by atoms with Gasteiger partial charge in [-0.2, -0.15) is 0 Å². The number of carbonyl (C=O) groups is 2. The van der Waals surface area contributed by atoms with Crippen LogP contribution in [0.1, 0.15) is 37.4 Å². The fraction of sp³-hybridized carbons (Fsp3) is 0.0667. The van der Waals surface area contributed by atoms with Crippen LogP contribution in [0.4, 0.5) is 0 Å². The number of carbonyl (C=O) groups excluding carboxylic acids is 2. The highest BCUT2D eigenvalue weighted by Crippen LogP contribution is 2.38. The number of ketones is 2. The second kappa shape index (κ2) is 3.84. The van der Waals surface area contributed by atoms with Crippen molar-refractivity contribution in [3.05, 3.63) is 52.1 Å². The molecule has 2 N–H and O–H groups in total. The molecule has 0 spiro atoms. The van der Waals surface area contributed by atoms with Crippen LogP contribution in [0.5, 0.6) is 17.2 Å². The lowest BCUT2D eigenvalue weighted by molar-refractivity contribution is -0.268. The normalized spacial score (nSPS) is 13.1. The lowest BCUT2D eigenvalue weighted by Crippen LogP contribution is -2.22. The molecule has 5 nitrogen and oxygen atoms in total. The van der Waals surface area contributed by atoms with E-state index in [1.807, 2.05) is 0 Å². The van der Waals surface area contributed by atoms with Gasteiger partial charge in [0.2, 0.25) is 0 Å². The Balaban J connectivity index is 2.40. The number of benzene rings is 2. The van der Waals surface area contributed by atoms with E-state index in [1.54, 1.807) is 6.92 Å². The minimum atomic E-state index is -0.732. The molecule has 0 heterocycles. The quantitative estimate of drug-likeness (QED) is 0.640. The zero-order valence-electron chi connectivity index (χ0n) is 10.4. The molecule has 20 heavy (non-hydrogen) atoms. The van der Waals surface area contributed by atoms with Crippen molar-refractivity contribution in [2.24, 2.45) is 0 Å². The zero-order valence-corrected chi connectivity index (χ0v) is 10.4. The molecule has 1 aliphatic carbocycles. The molecule has 0 saturated heterocycles. The fourth-order valence-electron chi connectivity index (χ4n) is 2.47. The van der Waals surface area contributed by atoms with Gasteiger partial charge in [-0.15, -0.1) is 0 Å². The predicted molar refractivity (Wildman–Crippen MR) is 67.3 cm³/mol. The molecule has 0 aliphatic heterocycles. The van der Waals surface area contributed by atoms with Crippen molar-refractivity contribution in [3.8, 4) is 17.2 Å². The van der Waals surface area contributed by atoms with Crippen LogP contribution in [0.25, 0.3) is 0 Å². The summed E-state index contributed by atoms with van der Waals surface area (Å²) in [6.45, 7) is 1.68. The van der Waals surface area contributed by atoms with Crippen LogP contribution in [-0.2, 0) is 0 Å². The Bertz CT molecular complexity index is 726. The van der Waals surface area contributed by atoms with Crippen molar-refractivity contribution in [2.75, 3.05) is 0 Å². The molecular weight excluding hydrogens is 260 g/mol. The summed E-state index contributed by atoms with van der Waals surface area (Å²) in [5, 5.41) is 31.1. The Morgan fingerprint density at radius 2 is 1.55 bits per heavy atom. The number of aryl methyl sites for hydroxylation is 1. The molecule has 0 bridgehead atoms. The molecule has 0 radical (unpaired) electrons. The monoisotopic (exact) mass is 269 g/mol. The predicted octanol–water partition coefficient (Wildman–Crippen LogP) is 1.26. The molecule has 0 aromatic heterocycles. The van der Waals surface area contributed by atoms with Crippen LogP contribution in [-0.4, -0.2) is 21.8 Å². The maximum Gasteiger partial charge on any atom is 0.197 e. The molecule has 0 atom stereocenters. The first-order valence-electron chi connectivity index (χ1n) is 5.87. The number of aromatic hydroxyl groups is 2. The number of rotatable bonds is 0. The van der Waals surface area contributed by atoms with Crippen molar-refractivity contribution < 1.29 is 24.9 Å². The van der Waals surface area contributed by atoms with E-state index >= 15 is 0 Å². The summed E-state index contributed by atoms with van der Waals surface area (Å²) in [5.41, 5.74) is 0.0752. The molecule has 0 saturated carbocycles. The van der Waals surface area contributed by atoms with Crippen LogP contribution >= 0.6 is 0 Å². The van der Waals surface area contributed by atoms with E-state index in [0.717, 1.165) is 12.1 Å². The number of phenols is 2. The first-order valence-corrected chi connectivity index (χ1v) is 5.87.